The van der Waals surface area contributed by atoms with Gasteiger partial charge in [0, 0.05) is 17.7 Å². The van der Waals surface area contributed by atoms with Crippen LogP contribution in [0.2, 0.25) is 0 Å². The van der Waals surface area contributed by atoms with Gasteiger partial charge in [0.25, 0.3) is 5.69 Å². The Morgan fingerprint density at radius 1 is 1.33 bits per heavy atom. The molecule has 3 N–H and O–H groups in total. The SMILES string of the molecule is CCCCC(CCC)Nc1cc(C(N)=O)ccc1[N+](=O)[O-]. The average molecular weight is 293 g/mol. The molecule has 0 aliphatic rings. The van der Waals surface area contributed by atoms with Gasteiger partial charge in [-0.3, -0.25) is 14.9 Å². The number of benzene rings is 1. The van der Waals surface area contributed by atoms with Crippen molar-refractivity contribution in [1.29, 1.82) is 0 Å². The summed E-state index contributed by atoms with van der Waals surface area (Å²) < 4.78 is 0. The summed E-state index contributed by atoms with van der Waals surface area (Å²) >= 11 is 0. The van der Waals surface area contributed by atoms with Gasteiger partial charge in [-0.15, -0.1) is 0 Å². The Hall–Kier alpha value is -2.11. The van der Waals surface area contributed by atoms with E-state index in [2.05, 4.69) is 19.2 Å². The summed E-state index contributed by atoms with van der Waals surface area (Å²) in [5.41, 5.74) is 5.85. The number of rotatable bonds is 9. The van der Waals surface area contributed by atoms with Gasteiger partial charge < -0.3 is 11.1 Å². The molecule has 0 heterocycles. The van der Waals surface area contributed by atoms with Crippen LogP contribution in [-0.2, 0) is 0 Å². The number of carbonyl (C=O) groups excluding carboxylic acids is 1. The maximum absolute atomic E-state index is 11.2. The number of amides is 1. The second-order valence-corrected chi connectivity index (χ2v) is 5.13. The minimum Gasteiger partial charge on any atom is -0.377 e. The Bertz CT molecular complexity index is 503. The maximum atomic E-state index is 11.2. The van der Waals surface area contributed by atoms with E-state index in [4.69, 9.17) is 5.73 Å². The topological polar surface area (TPSA) is 98.3 Å². The Balaban J connectivity index is 3.03. The van der Waals surface area contributed by atoms with Crippen LogP contribution in [0.3, 0.4) is 0 Å². The lowest BCUT2D eigenvalue weighted by atomic mass is 10.0. The predicted octanol–water partition coefficient (Wildman–Crippen LogP) is 3.46. The highest BCUT2D eigenvalue weighted by molar-refractivity contribution is 5.94. The van der Waals surface area contributed by atoms with Gasteiger partial charge in [0.1, 0.15) is 5.69 Å². The number of nitrogens with zero attached hydrogens (tertiary/aromatic N) is 1. The number of hydrogen-bond donors (Lipinski definition) is 2. The first kappa shape index (κ1) is 16.9. The van der Waals surface area contributed by atoms with Crippen molar-refractivity contribution in [2.24, 2.45) is 5.73 Å². The highest BCUT2D eigenvalue weighted by Crippen LogP contribution is 2.27. The lowest BCUT2D eigenvalue weighted by Gasteiger charge is -2.19. The van der Waals surface area contributed by atoms with Crippen molar-refractivity contribution < 1.29 is 9.72 Å². The van der Waals surface area contributed by atoms with Crippen LogP contribution in [0.25, 0.3) is 0 Å². The second kappa shape index (κ2) is 8.24. The Kier molecular flexibility index (Phi) is 6.65. The molecular formula is C15H23N3O3. The lowest BCUT2D eigenvalue weighted by Crippen LogP contribution is -2.20. The molecule has 0 aromatic heterocycles. The van der Waals surface area contributed by atoms with Crippen LogP contribution in [0.4, 0.5) is 11.4 Å². The van der Waals surface area contributed by atoms with E-state index in [1.807, 2.05) is 0 Å². The molecule has 116 valence electrons. The number of nitro benzene ring substituents is 1. The average Bonchev–Trinajstić information content (AvgIpc) is 2.44. The smallest absolute Gasteiger partial charge is 0.292 e. The molecule has 21 heavy (non-hydrogen) atoms. The summed E-state index contributed by atoms with van der Waals surface area (Å²) in [5.74, 6) is -0.589. The molecule has 1 aromatic rings. The van der Waals surface area contributed by atoms with Crippen molar-refractivity contribution in [3.63, 3.8) is 0 Å². The third-order valence-corrected chi connectivity index (χ3v) is 3.38. The quantitative estimate of drug-likeness (QED) is 0.538. The molecule has 1 amide bonds. The summed E-state index contributed by atoms with van der Waals surface area (Å²) in [6.07, 6.45) is 5.00. The van der Waals surface area contributed by atoms with Crippen molar-refractivity contribution in [1.82, 2.24) is 0 Å². The van der Waals surface area contributed by atoms with Crippen LogP contribution in [0.15, 0.2) is 18.2 Å². The van der Waals surface area contributed by atoms with Crippen molar-refractivity contribution in [3.05, 3.63) is 33.9 Å². The number of hydrogen-bond acceptors (Lipinski definition) is 4. The minimum atomic E-state index is -0.589. The molecule has 0 bridgehead atoms. The van der Waals surface area contributed by atoms with Gasteiger partial charge in [0.2, 0.25) is 5.91 Å². The largest absolute Gasteiger partial charge is 0.377 e. The molecule has 1 rings (SSSR count). The molecule has 0 saturated carbocycles. The second-order valence-electron chi connectivity index (χ2n) is 5.13. The summed E-state index contributed by atoms with van der Waals surface area (Å²) in [4.78, 5) is 21.9. The maximum Gasteiger partial charge on any atom is 0.292 e. The van der Waals surface area contributed by atoms with Crippen molar-refractivity contribution in [3.8, 4) is 0 Å². The predicted molar refractivity (Wildman–Crippen MR) is 83.5 cm³/mol. The summed E-state index contributed by atoms with van der Waals surface area (Å²) in [6.45, 7) is 4.19. The van der Waals surface area contributed by atoms with E-state index >= 15 is 0 Å². The molecule has 0 fully saturated rings. The normalized spacial score (nSPS) is 11.9. The molecule has 0 aliphatic heterocycles. The highest BCUT2D eigenvalue weighted by Gasteiger charge is 2.18. The van der Waals surface area contributed by atoms with Gasteiger partial charge >= 0.3 is 0 Å². The van der Waals surface area contributed by atoms with Crippen LogP contribution >= 0.6 is 0 Å². The first-order chi connectivity index (χ1) is 9.99. The fourth-order valence-corrected chi connectivity index (χ4v) is 2.27. The van der Waals surface area contributed by atoms with Gasteiger partial charge in [-0.05, 0) is 25.0 Å². The van der Waals surface area contributed by atoms with E-state index in [-0.39, 0.29) is 17.3 Å². The number of nitrogens with one attached hydrogen (secondary N) is 1. The number of anilines is 1. The minimum absolute atomic E-state index is 0.0300. The molecule has 0 saturated heterocycles. The standard InChI is InChI=1S/C15H23N3O3/c1-3-5-7-12(6-4-2)17-13-10-11(15(16)19)8-9-14(13)18(20)21/h8-10,12,17H,3-7H2,1-2H3,(H2,16,19). The molecular weight excluding hydrogens is 270 g/mol. The molecule has 0 spiro atoms. The van der Waals surface area contributed by atoms with Crippen LogP contribution in [-0.4, -0.2) is 16.9 Å². The number of nitro groups is 1. The molecule has 1 atom stereocenters. The van der Waals surface area contributed by atoms with Gasteiger partial charge in [-0.1, -0.05) is 33.1 Å². The number of carbonyl (C=O) groups is 1. The first-order valence-corrected chi connectivity index (χ1v) is 7.34. The van der Waals surface area contributed by atoms with Gasteiger partial charge in [-0.2, -0.15) is 0 Å². The molecule has 1 aromatic carbocycles. The van der Waals surface area contributed by atoms with Gasteiger partial charge in [-0.25, -0.2) is 0 Å². The molecule has 0 radical (unpaired) electrons. The number of nitrogens with two attached hydrogens (primary N) is 1. The van der Waals surface area contributed by atoms with Gasteiger partial charge in [0.15, 0.2) is 0 Å². The zero-order valence-corrected chi connectivity index (χ0v) is 12.6. The van der Waals surface area contributed by atoms with E-state index in [9.17, 15) is 14.9 Å². The lowest BCUT2D eigenvalue weighted by molar-refractivity contribution is -0.384. The van der Waals surface area contributed by atoms with E-state index in [1.54, 1.807) is 0 Å². The summed E-state index contributed by atoms with van der Waals surface area (Å²) in [7, 11) is 0. The Morgan fingerprint density at radius 2 is 2.05 bits per heavy atom. The van der Waals surface area contributed by atoms with E-state index in [1.165, 1.54) is 18.2 Å². The third-order valence-electron chi connectivity index (χ3n) is 3.38. The molecule has 0 aliphatic carbocycles. The molecule has 6 heteroatoms. The number of unbranched alkanes of at least 4 members (excludes halogenated alkanes) is 1. The monoisotopic (exact) mass is 293 g/mol. The van der Waals surface area contributed by atoms with Gasteiger partial charge in [0.05, 0.1) is 4.92 Å². The zero-order chi connectivity index (χ0) is 15.8. The fraction of sp³-hybridized carbons (Fsp3) is 0.533. The zero-order valence-electron chi connectivity index (χ0n) is 12.6. The third kappa shape index (κ3) is 5.06. The molecule has 1 unspecified atom stereocenters. The summed E-state index contributed by atoms with van der Waals surface area (Å²) in [5, 5.41) is 14.3. The number of primary amides is 1. The van der Waals surface area contributed by atoms with Crippen LogP contribution in [0.5, 0.6) is 0 Å². The summed E-state index contributed by atoms with van der Waals surface area (Å²) in [6, 6.07) is 4.34. The van der Waals surface area contributed by atoms with Crippen LogP contribution < -0.4 is 11.1 Å². The van der Waals surface area contributed by atoms with Crippen molar-refractivity contribution in [2.45, 2.75) is 52.0 Å². The van der Waals surface area contributed by atoms with E-state index in [0.717, 1.165) is 32.1 Å². The van der Waals surface area contributed by atoms with Crippen LogP contribution in [0, 0.1) is 10.1 Å². The van der Waals surface area contributed by atoms with Crippen LogP contribution in [0.1, 0.15) is 56.3 Å². The van der Waals surface area contributed by atoms with E-state index < -0.39 is 10.8 Å². The van der Waals surface area contributed by atoms with E-state index in [0.29, 0.717) is 5.69 Å². The highest BCUT2D eigenvalue weighted by atomic mass is 16.6. The van der Waals surface area contributed by atoms with Crippen molar-refractivity contribution in [2.75, 3.05) is 5.32 Å². The Morgan fingerprint density at radius 3 is 2.57 bits per heavy atom. The van der Waals surface area contributed by atoms with Crippen molar-refractivity contribution >= 4 is 17.3 Å². The first-order valence-electron chi connectivity index (χ1n) is 7.34. The molecule has 6 nitrogen and oxygen atoms in total. The fourth-order valence-electron chi connectivity index (χ4n) is 2.27. The Labute approximate surface area is 124 Å².